The average Bonchev–Trinajstić information content (AvgIpc) is 2.71. The summed E-state index contributed by atoms with van der Waals surface area (Å²) in [5, 5.41) is 25.7. The summed E-state index contributed by atoms with van der Waals surface area (Å²) in [5.41, 5.74) is 2.52. The van der Waals surface area contributed by atoms with Crippen molar-refractivity contribution in [2.75, 3.05) is 56.0 Å². The highest BCUT2D eigenvalue weighted by Gasteiger charge is 2.32. The van der Waals surface area contributed by atoms with Gasteiger partial charge in [-0.2, -0.15) is 0 Å². The summed E-state index contributed by atoms with van der Waals surface area (Å²) in [4.78, 5) is 5.01. The summed E-state index contributed by atoms with van der Waals surface area (Å²) in [6.07, 6.45) is 1.19. The van der Waals surface area contributed by atoms with Gasteiger partial charge in [-0.3, -0.25) is 4.90 Å². The van der Waals surface area contributed by atoms with Gasteiger partial charge in [-0.15, -0.1) is 10.2 Å². The first kappa shape index (κ1) is 18.0. The van der Waals surface area contributed by atoms with Gasteiger partial charge >= 0.3 is 0 Å². The first-order valence-corrected chi connectivity index (χ1v) is 9.86. The number of anilines is 2. The highest BCUT2D eigenvalue weighted by Crippen LogP contribution is 2.35. The zero-order chi connectivity index (χ0) is 18.6. The minimum atomic E-state index is 0.234. The van der Waals surface area contributed by atoms with Gasteiger partial charge in [0, 0.05) is 31.7 Å². The molecule has 0 saturated carbocycles. The van der Waals surface area contributed by atoms with Crippen LogP contribution in [-0.4, -0.2) is 72.1 Å². The van der Waals surface area contributed by atoms with Gasteiger partial charge in [0.15, 0.2) is 5.82 Å². The Bertz CT molecular complexity index is 783. The molecule has 144 valence electrons. The minimum Gasteiger partial charge on any atom is -0.507 e. The minimum absolute atomic E-state index is 0.234. The molecule has 7 heteroatoms. The van der Waals surface area contributed by atoms with Crippen molar-refractivity contribution in [1.82, 2.24) is 20.4 Å². The van der Waals surface area contributed by atoms with Crippen molar-refractivity contribution in [3.8, 4) is 17.0 Å². The molecule has 0 unspecified atom stereocenters. The second kappa shape index (κ2) is 8.10. The van der Waals surface area contributed by atoms with E-state index in [1.807, 2.05) is 18.2 Å². The van der Waals surface area contributed by atoms with Gasteiger partial charge in [0.1, 0.15) is 5.75 Å². The second-order valence-corrected chi connectivity index (χ2v) is 7.22. The Kier molecular flexibility index (Phi) is 5.40. The van der Waals surface area contributed by atoms with E-state index in [1.54, 1.807) is 6.07 Å². The number of piperazine rings is 1. The van der Waals surface area contributed by atoms with Crippen molar-refractivity contribution in [2.45, 2.75) is 19.4 Å². The molecule has 2 aromatic rings. The summed E-state index contributed by atoms with van der Waals surface area (Å²) in [6, 6.07) is 9.77. The van der Waals surface area contributed by atoms with Crippen LogP contribution in [0.4, 0.5) is 11.5 Å². The van der Waals surface area contributed by atoms with Crippen LogP contribution >= 0.6 is 0 Å². The summed E-state index contributed by atoms with van der Waals surface area (Å²) in [5.74, 6) is 1.07. The lowest BCUT2D eigenvalue weighted by molar-refractivity contribution is 0.221. The molecule has 4 rings (SSSR count). The Morgan fingerprint density at radius 3 is 3.00 bits per heavy atom. The highest BCUT2D eigenvalue weighted by molar-refractivity contribution is 5.76. The zero-order valence-electron chi connectivity index (χ0n) is 15.9. The quantitative estimate of drug-likeness (QED) is 0.671. The molecule has 3 N–H and O–H groups in total. The Morgan fingerprint density at radius 1 is 1.26 bits per heavy atom. The van der Waals surface area contributed by atoms with Crippen LogP contribution in [0.1, 0.15) is 13.3 Å². The second-order valence-electron chi connectivity index (χ2n) is 7.22. The number of rotatable bonds is 6. The van der Waals surface area contributed by atoms with Crippen LogP contribution in [0.15, 0.2) is 30.3 Å². The fraction of sp³-hybridized carbons (Fsp3) is 0.500. The molecule has 0 aliphatic carbocycles. The maximum Gasteiger partial charge on any atom is 0.172 e. The lowest BCUT2D eigenvalue weighted by Gasteiger charge is -2.45. The topological polar surface area (TPSA) is 76.5 Å². The van der Waals surface area contributed by atoms with Crippen LogP contribution in [-0.2, 0) is 0 Å². The van der Waals surface area contributed by atoms with Crippen molar-refractivity contribution in [2.24, 2.45) is 0 Å². The summed E-state index contributed by atoms with van der Waals surface area (Å²) < 4.78 is 0. The first-order chi connectivity index (χ1) is 13.3. The van der Waals surface area contributed by atoms with Crippen LogP contribution < -0.4 is 15.5 Å². The lowest BCUT2D eigenvalue weighted by Crippen LogP contribution is -2.58. The molecule has 7 nitrogen and oxygen atoms in total. The zero-order valence-corrected chi connectivity index (χ0v) is 15.9. The van der Waals surface area contributed by atoms with Crippen LogP contribution in [0.3, 0.4) is 0 Å². The normalized spacial score (nSPS) is 19.3. The van der Waals surface area contributed by atoms with Crippen LogP contribution in [0.5, 0.6) is 5.75 Å². The van der Waals surface area contributed by atoms with Gasteiger partial charge in [-0.1, -0.05) is 19.1 Å². The number of nitrogens with zero attached hydrogens (tertiary/aromatic N) is 4. The van der Waals surface area contributed by atoms with Crippen molar-refractivity contribution in [3.05, 3.63) is 30.3 Å². The van der Waals surface area contributed by atoms with Gasteiger partial charge in [-0.05, 0) is 44.3 Å². The van der Waals surface area contributed by atoms with Crippen molar-refractivity contribution in [3.63, 3.8) is 0 Å². The molecule has 0 spiro atoms. The van der Waals surface area contributed by atoms with Crippen molar-refractivity contribution < 1.29 is 5.11 Å². The Hall–Kier alpha value is -2.38. The smallest absolute Gasteiger partial charge is 0.172 e. The number of para-hydroxylation sites is 1. The molecule has 1 fully saturated rings. The number of hydrogen-bond acceptors (Lipinski definition) is 7. The van der Waals surface area contributed by atoms with Crippen LogP contribution in [0.2, 0.25) is 0 Å². The molecular formula is C20H28N6O. The molecule has 0 radical (unpaired) electrons. The third kappa shape index (κ3) is 3.84. The molecule has 1 atom stereocenters. The molecule has 3 heterocycles. The van der Waals surface area contributed by atoms with E-state index in [0.717, 1.165) is 62.9 Å². The Labute approximate surface area is 160 Å². The summed E-state index contributed by atoms with van der Waals surface area (Å²) in [7, 11) is 0. The fourth-order valence-corrected chi connectivity index (χ4v) is 3.98. The number of aromatic hydroxyl groups is 1. The molecule has 2 aliphatic rings. The Morgan fingerprint density at radius 2 is 2.15 bits per heavy atom. The van der Waals surface area contributed by atoms with E-state index in [0.29, 0.717) is 11.7 Å². The van der Waals surface area contributed by atoms with Gasteiger partial charge in [0.05, 0.1) is 17.4 Å². The molecule has 0 amide bonds. The van der Waals surface area contributed by atoms with Gasteiger partial charge in [0.25, 0.3) is 0 Å². The average molecular weight is 368 g/mol. The predicted molar refractivity (Wildman–Crippen MR) is 108 cm³/mol. The highest BCUT2D eigenvalue weighted by atomic mass is 16.3. The van der Waals surface area contributed by atoms with E-state index in [4.69, 9.17) is 0 Å². The number of fused-ring (bicyclic) bond motifs is 3. The van der Waals surface area contributed by atoms with E-state index in [1.165, 1.54) is 6.42 Å². The maximum atomic E-state index is 10.1. The van der Waals surface area contributed by atoms with Gasteiger partial charge in [0.2, 0.25) is 0 Å². The number of phenols is 1. The third-order valence-corrected chi connectivity index (χ3v) is 5.41. The van der Waals surface area contributed by atoms with E-state index < -0.39 is 0 Å². The van der Waals surface area contributed by atoms with Crippen molar-refractivity contribution >= 4 is 11.5 Å². The number of hydrogen-bond donors (Lipinski definition) is 3. The largest absolute Gasteiger partial charge is 0.507 e. The molecule has 0 bridgehead atoms. The third-order valence-electron chi connectivity index (χ3n) is 5.41. The molecule has 1 saturated heterocycles. The first-order valence-electron chi connectivity index (χ1n) is 9.86. The fourth-order valence-electron chi connectivity index (χ4n) is 3.98. The van der Waals surface area contributed by atoms with E-state index in [-0.39, 0.29) is 5.75 Å². The number of phenolic OH excluding ortho intramolecular Hbond substituents is 1. The lowest BCUT2D eigenvalue weighted by atomic mass is 10.1. The van der Waals surface area contributed by atoms with Gasteiger partial charge in [-0.25, -0.2) is 0 Å². The standard InChI is InChI=1S/C20H28N6O/c1-2-21-8-5-9-25-10-11-26-15(14-25)13-22-20-18(26)12-17(23-24-20)16-6-3-4-7-19(16)27/h3-4,6-7,12,15,21,27H,2,5,8-11,13-14H2,1H3,(H,22,24)/t15-/m0/s1. The molecule has 2 aliphatic heterocycles. The maximum absolute atomic E-state index is 10.1. The number of aromatic nitrogens is 2. The monoisotopic (exact) mass is 368 g/mol. The molecule has 1 aromatic heterocycles. The van der Waals surface area contributed by atoms with Crippen LogP contribution in [0, 0.1) is 0 Å². The number of nitrogens with one attached hydrogen (secondary N) is 2. The molecule has 1 aromatic carbocycles. The predicted octanol–water partition coefficient (Wildman–Crippen LogP) is 1.76. The summed E-state index contributed by atoms with van der Waals surface area (Å²) >= 11 is 0. The van der Waals surface area contributed by atoms with Crippen molar-refractivity contribution in [1.29, 1.82) is 0 Å². The van der Waals surface area contributed by atoms with E-state index >= 15 is 0 Å². The molecule has 27 heavy (non-hydrogen) atoms. The SMILES string of the molecule is CCNCCCN1CCN2c3cc(-c4ccccc4O)nnc3NC[C@H]2C1. The number of benzene rings is 1. The Balaban J connectivity index is 1.49. The van der Waals surface area contributed by atoms with E-state index in [9.17, 15) is 5.11 Å². The van der Waals surface area contributed by atoms with Gasteiger partial charge < -0.3 is 20.6 Å². The molecular weight excluding hydrogens is 340 g/mol. The summed E-state index contributed by atoms with van der Waals surface area (Å²) in [6.45, 7) is 9.43. The van der Waals surface area contributed by atoms with Crippen LogP contribution in [0.25, 0.3) is 11.3 Å². The van der Waals surface area contributed by atoms with E-state index in [2.05, 4.69) is 43.6 Å².